The van der Waals surface area contributed by atoms with Crippen molar-refractivity contribution in [2.75, 3.05) is 13.7 Å². The van der Waals surface area contributed by atoms with Crippen LogP contribution in [0, 0.1) is 0 Å². The van der Waals surface area contributed by atoms with Gasteiger partial charge in [-0.3, -0.25) is 9.79 Å². The Labute approximate surface area is 133 Å². The van der Waals surface area contributed by atoms with Gasteiger partial charge in [0, 0.05) is 6.54 Å². The van der Waals surface area contributed by atoms with Crippen molar-refractivity contribution in [3.05, 3.63) is 17.8 Å². The highest BCUT2D eigenvalue weighted by Crippen LogP contribution is 2.10. The van der Waals surface area contributed by atoms with Crippen molar-refractivity contribution >= 4 is 17.8 Å². The van der Waals surface area contributed by atoms with Crippen LogP contribution in [0.4, 0.5) is 0 Å². The van der Waals surface area contributed by atoms with Crippen LogP contribution in [0.25, 0.3) is 0 Å². The predicted octanol–water partition coefficient (Wildman–Crippen LogP) is -0.981. The van der Waals surface area contributed by atoms with E-state index < -0.39 is 24.0 Å². The second-order valence-corrected chi connectivity index (χ2v) is 4.86. The zero-order valence-electron chi connectivity index (χ0n) is 13.1. The van der Waals surface area contributed by atoms with Crippen LogP contribution in [0.1, 0.15) is 42.2 Å². The lowest BCUT2D eigenvalue weighted by Crippen LogP contribution is -2.41. The lowest BCUT2D eigenvalue weighted by Gasteiger charge is -2.15. The van der Waals surface area contributed by atoms with E-state index >= 15 is 0 Å². The van der Waals surface area contributed by atoms with Gasteiger partial charge in [-0.05, 0) is 19.8 Å². The summed E-state index contributed by atoms with van der Waals surface area (Å²) >= 11 is 0. The fraction of sp³-hybridized carbons (Fsp3) is 0.538. The van der Waals surface area contributed by atoms with Gasteiger partial charge in [0.25, 0.3) is 5.91 Å². The minimum absolute atomic E-state index is 0.0327. The summed E-state index contributed by atoms with van der Waals surface area (Å²) < 4.78 is 9.75. The lowest BCUT2D eigenvalue weighted by molar-refractivity contribution is -0.143. The van der Waals surface area contributed by atoms with Crippen molar-refractivity contribution in [3.63, 3.8) is 0 Å². The lowest BCUT2D eigenvalue weighted by atomic mass is 10.1. The van der Waals surface area contributed by atoms with Gasteiger partial charge in [0.05, 0.1) is 13.2 Å². The van der Waals surface area contributed by atoms with Crippen molar-refractivity contribution in [3.8, 4) is 0 Å². The minimum atomic E-state index is -0.836. The third-order valence-electron chi connectivity index (χ3n) is 2.88. The number of carbonyl (C=O) groups is 2. The molecule has 0 saturated heterocycles. The first kappa shape index (κ1) is 18.4. The fourth-order valence-electron chi connectivity index (χ4n) is 1.73. The molecule has 0 aliphatic carbocycles. The van der Waals surface area contributed by atoms with E-state index in [1.807, 2.05) is 0 Å². The third kappa shape index (κ3) is 5.94. The molecule has 1 aromatic rings. The molecule has 10 nitrogen and oxygen atoms in total. The molecule has 10 heteroatoms. The molecule has 2 unspecified atom stereocenters. The summed E-state index contributed by atoms with van der Waals surface area (Å²) in [6.07, 6.45) is 1.98. The molecule has 2 atom stereocenters. The van der Waals surface area contributed by atoms with Crippen LogP contribution < -0.4 is 22.5 Å². The number of ether oxygens (including phenoxy) is 1. The number of guanidine groups is 1. The predicted molar refractivity (Wildman–Crippen MR) is 82.3 cm³/mol. The van der Waals surface area contributed by atoms with E-state index in [-0.39, 0.29) is 17.5 Å². The number of carbonyl (C=O) groups excluding carboxylic acids is 2. The smallest absolute Gasteiger partial charge is 0.328 e. The Kier molecular flexibility index (Phi) is 7.00. The van der Waals surface area contributed by atoms with Crippen LogP contribution in [0.5, 0.6) is 0 Å². The molecule has 0 radical (unpaired) electrons. The number of hydrogen-bond donors (Lipinski definition) is 4. The van der Waals surface area contributed by atoms with Gasteiger partial charge in [-0.1, -0.05) is 0 Å². The molecule has 1 aromatic heterocycles. The Bertz CT molecular complexity index is 565. The van der Waals surface area contributed by atoms with Crippen LogP contribution in [0.2, 0.25) is 0 Å². The Morgan fingerprint density at radius 2 is 2.17 bits per heavy atom. The first-order valence-electron chi connectivity index (χ1n) is 7.00. The number of aromatic nitrogens is 1. The Morgan fingerprint density at radius 1 is 1.48 bits per heavy atom. The standard InChI is InChI=1S/C13H22N6O4/c1-7(14)11-19-9(6-23-11)10(20)18-8(12(21)22-2)4-3-5-17-13(15)16/h6-8H,3-5,14H2,1-2H3,(H,18,20)(H4,15,16,17). The number of oxazole rings is 1. The quantitative estimate of drug-likeness (QED) is 0.204. The van der Waals surface area contributed by atoms with E-state index in [4.69, 9.17) is 21.6 Å². The number of nitrogens with two attached hydrogens (primary N) is 3. The molecular weight excluding hydrogens is 304 g/mol. The second-order valence-electron chi connectivity index (χ2n) is 4.86. The summed E-state index contributed by atoms with van der Waals surface area (Å²) in [7, 11) is 1.24. The fourth-order valence-corrected chi connectivity index (χ4v) is 1.73. The highest BCUT2D eigenvalue weighted by atomic mass is 16.5. The number of aliphatic imine (C=N–C) groups is 1. The number of esters is 1. The number of amides is 1. The molecule has 0 bridgehead atoms. The topological polar surface area (TPSA) is 172 Å². The van der Waals surface area contributed by atoms with E-state index in [0.29, 0.717) is 19.4 Å². The van der Waals surface area contributed by atoms with Crippen molar-refractivity contribution in [2.24, 2.45) is 22.2 Å². The molecule has 0 aliphatic heterocycles. The molecule has 0 fully saturated rings. The molecule has 0 aromatic carbocycles. The number of methoxy groups -OCH3 is 1. The van der Waals surface area contributed by atoms with Gasteiger partial charge in [-0.25, -0.2) is 9.78 Å². The maximum absolute atomic E-state index is 12.1. The summed E-state index contributed by atoms with van der Waals surface area (Å²) in [5.74, 6) is -0.927. The molecule has 0 saturated carbocycles. The van der Waals surface area contributed by atoms with Gasteiger partial charge < -0.3 is 31.7 Å². The molecule has 1 rings (SSSR count). The molecule has 23 heavy (non-hydrogen) atoms. The number of rotatable bonds is 8. The van der Waals surface area contributed by atoms with Gasteiger partial charge >= 0.3 is 5.97 Å². The molecule has 0 aliphatic rings. The molecule has 1 heterocycles. The minimum Gasteiger partial charge on any atom is -0.467 e. The van der Waals surface area contributed by atoms with E-state index in [1.165, 1.54) is 13.4 Å². The van der Waals surface area contributed by atoms with E-state index in [1.54, 1.807) is 6.92 Å². The average Bonchev–Trinajstić information content (AvgIpc) is 2.99. The van der Waals surface area contributed by atoms with Gasteiger partial charge in [-0.2, -0.15) is 0 Å². The molecule has 128 valence electrons. The van der Waals surface area contributed by atoms with Crippen molar-refractivity contribution < 1.29 is 18.7 Å². The first-order valence-corrected chi connectivity index (χ1v) is 7.00. The summed E-state index contributed by atoms with van der Waals surface area (Å²) in [5, 5.41) is 2.54. The van der Waals surface area contributed by atoms with E-state index in [2.05, 4.69) is 20.0 Å². The van der Waals surface area contributed by atoms with E-state index in [9.17, 15) is 9.59 Å². The maximum atomic E-state index is 12.1. The molecule has 1 amide bonds. The SMILES string of the molecule is COC(=O)C(CCCN=C(N)N)NC(=O)c1coc(C(C)N)n1. The Hall–Kier alpha value is -2.62. The zero-order chi connectivity index (χ0) is 17.4. The van der Waals surface area contributed by atoms with Crippen LogP contribution in [-0.4, -0.2) is 42.5 Å². The van der Waals surface area contributed by atoms with Gasteiger partial charge in [-0.15, -0.1) is 0 Å². The van der Waals surface area contributed by atoms with Crippen molar-refractivity contribution in [1.29, 1.82) is 0 Å². The Balaban J connectivity index is 2.66. The number of hydrogen-bond acceptors (Lipinski definition) is 7. The van der Waals surface area contributed by atoms with Gasteiger partial charge in [0.1, 0.15) is 12.3 Å². The van der Waals surface area contributed by atoms with Crippen molar-refractivity contribution in [2.45, 2.75) is 31.8 Å². The summed E-state index contributed by atoms with van der Waals surface area (Å²) in [4.78, 5) is 31.6. The normalized spacial score (nSPS) is 13.0. The third-order valence-corrected chi connectivity index (χ3v) is 2.88. The maximum Gasteiger partial charge on any atom is 0.328 e. The van der Waals surface area contributed by atoms with Gasteiger partial charge in [0.15, 0.2) is 11.7 Å². The zero-order valence-corrected chi connectivity index (χ0v) is 13.1. The van der Waals surface area contributed by atoms with E-state index in [0.717, 1.165) is 0 Å². The molecular formula is C13H22N6O4. The largest absolute Gasteiger partial charge is 0.467 e. The first-order chi connectivity index (χ1) is 10.8. The van der Waals surface area contributed by atoms with Crippen LogP contribution in [0.3, 0.4) is 0 Å². The van der Waals surface area contributed by atoms with Crippen LogP contribution in [0.15, 0.2) is 15.7 Å². The molecule has 7 N–H and O–H groups in total. The van der Waals surface area contributed by atoms with Gasteiger partial charge in [0.2, 0.25) is 5.89 Å². The van der Waals surface area contributed by atoms with Crippen molar-refractivity contribution in [1.82, 2.24) is 10.3 Å². The summed E-state index contributed by atoms with van der Waals surface area (Å²) in [6, 6.07) is -1.27. The number of nitrogens with zero attached hydrogens (tertiary/aromatic N) is 2. The highest BCUT2D eigenvalue weighted by Gasteiger charge is 2.23. The number of nitrogens with one attached hydrogen (secondary N) is 1. The second kappa shape index (κ2) is 8.73. The van der Waals surface area contributed by atoms with Crippen LogP contribution in [-0.2, 0) is 9.53 Å². The highest BCUT2D eigenvalue weighted by molar-refractivity contribution is 5.94. The summed E-state index contributed by atoms with van der Waals surface area (Å²) in [6.45, 7) is 2.01. The molecule has 0 spiro atoms. The Morgan fingerprint density at radius 3 is 2.70 bits per heavy atom. The summed E-state index contributed by atoms with van der Waals surface area (Å²) in [5.41, 5.74) is 16.1. The average molecular weight is 326 g/mol. The van der Waals surface area contributed by atoms with Crippen LogP contribution >= 0.6 is 0 Å². The monoisotopic (exact) mass is 326 g/mol.